The Bertz CT molecular complexity index is 1370. The number of carbonyl (C=O) groups is 1. The summed E-state index contributed by atoms with van der Waals surface area (Å²) in [6.07, 6.45) is 1.70. The van der Waals surface area contributed by atoms with E-state index in [1.165, 1.54) is 23.9 Å². The molecule has 1 N–H and O–H groups in total. The van der Waals surface area contributed by atoms with Crippen molar-refractivity contribution in [3.63, 3.8) is 0 Å². The SMILES string of the molecule is Cc1cc(/C=C2/C(=N)N3C(c4ccccc4)=CSC3=NC2=O)c(C)n1-c1cccc(F)c1. The van der Waals surface area contributed by atoms with E-state index >= 15 is 0 Å². The smallest absolute Gasteiger partial charge is 0.283 e. The summed E-state index contributed by atoms with van der Waals surface area (Å²) in [6.45, 7) is 3.84. The van der Waals surface area contributed by atoms with Crippen molar-refractivity contribution in [1.82, 2.24) is 9.47 Å². The first-order valence-corrected chi connectivity index (χ1v) is 10.9. The Morgan fingerprint density at radius 3 is 2.59 bits per heavy atom. The molecule has 1 amide bonds. The molecule has 32 heavy (non-hydrogen) atoms. The average Bonchev–Trinajstić information content (AvgIpc) is 3.32. The molecule has 0 spiro atoms. The molecule has 5 rings (SSSR count). The van der Waals surface area contributed by atoms with Crippen LogP contribution in [0.25, 0.3) is 17.5 Å². The molecule has 3 heterocycles. The van der Waals surface area contributed by atoms with Crippen LogP contribution in [0.1, 0.15) is 22.5 Å². The van der Waals surface area contributed by atoms with Gasteiger partial charge in [0.05, 0.1) is 11.3 Å². The molecule has 158 valence electrons. The van der Waals surface area contributed by atoms with Crippen LogP contribution in [0, 0.1) is 25.1 Å². The van der Waals surface area contributed by atoms with Gasteiger partial charge in [-0.2, -0.15) is 4.99 Å². The largest absolute Gasteiger partial charge is 0.318 e. The predicted octanol–water partition coefficient (Wildman–Crippen LogP) is 5.54. The molecular weight excluding hydrogens is 423 g/mol. The number of benzene rings is 2. The van der Waals surface area contributed by atoms with E-state index in [0.29, 0.717) is 10.9 Å². The summed E-state index contributed by atoms with van der Waals surface area (Å²) in [7, 11) is 0. The Morgan fingerprint density at radius 1 is 1.06 bits per heavy atom. The van der Waals surface area contributed by atoms with Gasteiger partial charge in [-0.25, -0.2) is 4.39 Å². The van der Waals surface area contributed by atoms with Gasteiger partial charge in [0, 0.05) is 22.5 Å². The zero-order chi connectivity index (χ0) is 22.4. The second-order valence-corrected chi connectivity index (χ2v) is 8.41. The van der Waals surface area contributed by atoms with E-state index in [0.717, 1.165) is 28.2 Å². The third-order valence-corrected chi connectivity index (χ3v) is 6.35. The Balaban J connectivity index is 1.56. The molecule has 0 saturated heterocycles. The van der Waals surface area contributed by atoms with Crippen molar-refractivity contribution in [3.8, 4) is 5.69 Å². The van der Waals surface area contributed by atoms with Gasteiger partial charge >= 0.3 is 0 Å². The number of rotatable bonds is 3. The minimum atomic E-state index is -0.438. The molecular formula is C25H19FN4OS. The summed E-state index contributed by atoms with van der Waals surface area (Å²) in [4.78, 5) is 18.7. The fourth-order valence-electron chi connectivity index (χ4n) is 4.02. The summed E-state index contributed by atoms with van der Waals surface area (Å²) < 4.78 is 15.7. The molecule has 7 heteroatoms. The topological polar surface area (TPSA) is 61.5 Å². The van der Waals surface area contributed by atoms with Gasteiger partial charge in [-0.3, -0.25) is 15.1 Å². The number of amides is 1. The van der Waals surface area contributed by atoms with E-state index in [-0.39, 0.29) is 17.2 Å². The Kier molecular flexibility index (Phi) is 4.90. The lowest BCUT2D eigenvalue weighted by Gasteiger charge is -2.26. The Labute approximate surface area is 189 Å². The van der Waals surface area contributed by atoms with Crippen LogP contribution in [0.5, 0.6) is 0 Å². The van der Waals surface area contributed by atoms with Gasteiger partial charge in [0.25, 0.3) is 5.91 Å². The highest BCUT2D eigenvalue weighted by molar-refractivity contribution is 8.17. The molecule has 2 aliphatic heterocycles. The average molecular weight is 443 g/mol. The van der Waals surface area contributed by atoms with Crippen LogP contribution in [0.3, 0.4) is 0 Å². The normalized spacial score (nSPS) is 17.0. The first-order chi connectivity index (χ1) is 15.4. The molecule has 3 aromatic rings. The Morgan fingerprint density at radius 2 is 1.84 bits per heavy atom. The molecule has 1 aromatic heterocycles. The second kappa shape index (κ2) is 7.76. The van der Waals surface area contributed by atoms with Crippen molar-refractivity contribution >= 4 is 40.4 Å². The van der Waals surface area contributed by atoms with E-state index in [1.54, 1.807) is 17.0 Å². The minimum Gasteiger partial charge on any atom is -0.318 e. The predicted molar refractivity (Wildman–Crippen MR) is 127 cm³/mol. The fraction of sp³-hybridized carbons (Fsp3) is 0.0800. The number of aliphatic imine (C=N–C) groups is 1. The van der Waals surface area contributed by atoms with Crippen LogP contribution in [0.4, 0.5) is 4.39 Å². The number of aromatic nitrogens is 1. The molecule has 0 unspecified atom stereocenters. The van der Waals surface area contributed by atoms with Crippen LogP contribution >= 0.6 is 11.8 Å². The lowest BCUT2D eigenvalue weighted by Crippen LogP contribution is -2.38. The van der Waals surface area contributed by atoms with Crippen LogP contribution in [0.2, 0.25) is 0 Å². The van der Waals surface area contributed by atoms with Crippen molar-refractivity contribution in [1.29, 1.82) is 5.41 Å². The Hall–Kier alpha value is -3.71. The molecule has 0 radical (unpaired) electrons. The van der Waals surface area contributed by atoms with E-state index in [1.807, 2.05) is 66.3 Å². The summed E-state index contributed by atoms with van der Waals surface area (Å²) >= 11 is 1.34. The lowest BCUT2D eigenvalue weighted by atomic mass is 10.1. The monoisotopic (exact) mass is 442 g/mol. The van der Waals surface area contributed by atoms with Gasteiger partial charge < -0.3 is 4.57 Å². The first-order valence-electron chi connectivity index (χ1n) is 10.0. The maximum Gasteiger partial charge on any atom is 0.283 e. The summed E-state index contributed by atoms with van der Waals surface area (Å²) in [5.41, 5.74) is 5.25. The van der Waals surface area contributed by atoms with E-state index in [2.05, 4.69) is 4.99 Å². The van der Waals surface area contributed by atoms with Crippen molar-refractivity contribution in [2.45, 2.75) is 13.8 Å². The summed E-state index contributed by atoms with van der Waals surface area (Å²) in [5.74, 6) is -0.657. The number of nitrogens with one attached hydrogen (secondary N) is 1. The van der Waals surface area contributed by atoms with Crippen molar-refractivity contribution in [2.24, 2.45) is 4.99 Å². The van der Waals surface area contributed by atoms with Gasteiger partial charge in [0.1, 0.15) is 11.7 Å². The first kappa shape index (κ1) is 20.2. The van der Waals surface area contributed by atoms with Crippen LogP contribution < -0.4 is 0 Å². The van der Waals surface area contributed by atoms with Crippen LogP contribution in [0.15, 0.2) is 76.6 Å². The number of nitrogens with zero attached hydrogens (tertiary/aromatic N) is 3. The number of fused-ring (bicyclic) bond motifs is 1. The second-order valence-electron chi connectivity index (χ2n) is 7.57. The zero-order valence-electron chi connectivity index (χ0n) is 17.5. The van der Waals surface area contributed by atoms with E-state index in [9.17, 15) is 9.18 Å². The fourth-order valence-corrected chi connectivity index (χ4v) is 4.91. The van der Waals surface area contributed by atoms with Crippen LogP contribution in [-0.2, 0) is 4.79 Å². The maximum atomic E-state index is 13.8. The highest BCUT2D eigenvalue weighted by atomic mass is 32.2. The van der Waals surface area contributed by atoms with Gasteiger partial charge in [-0.1, -0.05) is 48.2 Å². The molecule has 5 nitrogen and oxygen atoms in total. The number of aryl methyl sites for hydroxylation is 1. The summed E-state index contributed by atoms with van der Waals surface area (Å²) in [6, 6.07) is 18.1. The third-order valence-electron chi connectivity index (χ3n) is 5.52. The molecule has 0 saturated carbocycles. The lowest BCUT2D eigenvalue weighted by molar-refractivity contribution is -0.114. The molecule has 0 aliphatic carbocycles. The summed E-state index contributed by atoms with van der Waals surface area (Å²) in [5, 5.41) is 11.2. The highest BCUT2D eigenvalue weighted by Crippen LogP contribution is 2.37. The van der Waals surface area contributed by atoms with E-state index in [4.69, 9.17) is 5.41 Å². The number of hydrogen-bond donors (Lipinski definition) is 1. The van der Waals surface area contributed by atoms with Crippen molar-refractivity contribution < 1.29 is 9.18 Å². The number of carbonyl (C=O) groups excluding carboxylic acids is 1. The van der Waals surface area contributed by atoms with Gasteiger partial charge in [0.15, 0.2) is 5.17 Å². The van der Waals surface area contributed by atoms with Crippen molar-refractivity contribution in [2.75, 3.05) is 0 Å². The highest BCUT2D eigenvalue weighted by Gasteiger charge is 2.36. The number of amidine groups is 2. The van der Waals surface area contributed by atoms with Gasteiger partial charge in [-0.05, 0) is 55.3 Å². The molecule has 0 fully saturated rings. The minimum absolute atomic E-state index is 0.0932. The molecule has 0 atom stereocenters. The van der Waals surface area contributed by atoms with Crippen LogP contribution in [-0.4, -0.2) is 26.4 Å². The van der Waals surface area contributed by atoms with Gasteiger partial charge in [-0.15, -0.1) is 0 Å². The number of hydrogen-bond acceptors (Lipinski definition) is 3. The maximum absolute atomic E-state index is 13.8. The molecule has 0 bridgehead atoms. The van der Waals surface area contributed by atoms with Gasteiger partial charge in [0.2, 0.25) is 0 Å². The molecule has 2 aliphatic rings. The van der Waals surface area contributed by atoms with Crippen molar-refractivity contribution in [3.05, 3.63) is 100.0 Å². The molecule has 2 aromatic carbocycles. The number of halogens is 1. The van der Waals surface area contributed by atoms with E-state index < -0.39 is 5.91 Å². The zero-order valence-corrected chi connectivity index (χ0v) is 18.3. The quantitative estimate of drug-likeness (QED) is 0.542. The number of thioether (sulfide) groups is 1. The standard InChI is InChI=1S/C25H19FN4OS/c1-15-11-18(16(2)29(15)20-10-6-9-19(26)13-20)12-21-23(27)30-22(17-7-4-3-5-8-17)14-32-25(30)28-24(21)31/h3-14,27H,1-2H3/b21-12-,27-23?. The third kappa shape index (κ3) is 3.31.